The molecule has 0 aliphatic carbocycles. The van der Waals surface area contributed by atoms with Crippen LogP contribution >= 0.6 is 36.4 Å². The number of thiophene rings is 1. The van der Waals surface area contributed by atoms with E-state index in [0.717, 1.165) is 87.4 Å². The van der Waals surface area contributed by atoms with Gasteiger partial charge in [-0.3, -0.25) is 19.1 Å². The molecule has 1 saturated heterocycles. The molecule has 3 aromatic heterocycles. The molecule has 3 aliphatic rings. The lowest BCUT2D eigenvalue weighted by molar-refractivity contribution is -0.121. The summed E-state index contributed by atoms with van der Waals surface area (Å²) in [4.78, 5) is 38.8. The van der Waals surface area contributed by atoms with E-state index in [1.165, 1.54) is 4.88 Å². The highest BCUT2D eigenvalue weighted by atomic mass is 35.5. The molecule has 2 N–H and O–H groups in total. The molecule has 2 amide bonds. The number of benzene rings is 2. The number of hydrogen-bond acceptors (Lipinski definition) is 8. The summed E-state index contributed by atoms with van der Waals surface area (Å²) in [5, 5.41) is 16.7. The SMILES string of the molecule is Cc1sc2c(c1C)C(c1ccc(Cl)cc1)=N[C@@H](CC(=O)NCC1CCN(c3ccc(-c4ccc5c(c4)CC(=O)N5)cn3)CC1)c1nnc(C)n1-2.S. The van der Waals surface area contributed by atoms with Gasteiger partial charge >= 0.3 is 0 Å². The normalized spacial score (nSPS) is 16.7. The first-order valence-corrected chi connectivity index (χ1v) is 18.2. The number of pyridine rings is 1. The van der Waals surface area contributed by atoms with Crippen molar-refractivity contribution in [3.05, 3.63) is 105 Å². The molecule has 13 heteroatoms. The number of aliphatic imine (C=N–C) groups is 1. The molecule has 8 rings (SSSR count). The van der Waals surface area contributed by atoms with E-state index in [0.29, 0.717) is 29.7 Å². The zero-order valence-corrected chi connectivity index (χ0v) is 31.2. The lowest BCUT2D eigenvalue weighted by Gasteiger charge is -2.33. The topological polar surface area (TPSA) is 117 Å². The number of carbonyl (C=O) groups excluding carboxylic acids is 2. The summed E-state index contributed by atoms with van der Waals surface area (Å²) in [6, 6.07) is 17.4. The molecule has 0 spiro atoms. The van der Waals surface area contributed by atoms with Crippen LogP contribution in [-0.2, 0) is 16.0 Å². The van der Waals surface area contributed by atoms with Crippen LogP contribution in [0.4, 0.5) is 11.5 Å². The minimum Gasteiger partial charge on any atom is -0.357 e. The van der Waals surface area contributed by atoms with Gasteiger partial charge in [-0.15, -0.1) is 21.5 Å². The highest BCUT2D eigenvalue weighted by Crippen LogP contribution is 2.40. The monoisotopic (exact) mass is 738 g/mol. The van der Waals surface area contributed by atoms with Gasteiger partial charge < -0.3 is 15.5 Å². The lowest BCUT2D eigenvalue weighted by atomic mass is 9.96. The third-order valence-electron chi connectivity index (χ3n) is 10.1. The zero-order chi connectivity index (χ0) is 34.5. The number of aromatic nitrogens is 4. The van der Waals surface area contributed by atoms with Gasteiger partial charge in [0.1, 0.15) is 22.7 Å². The molecule has 262 valence electrons. The Hall–Kier alpha value is -4.52. The van der Waals surface area contributed by atoms with Gasteiger partial charge in [-0.05, 0) is 92.6 Å². The molecular formula is C38H39ClN8O2S2. The summed E-state index contributed by atoms with van der Waals surface area (Å²) in [6.45, 7) is 8.56. The zero-order valence-electron chi connectivity index (χ0n) is 28.7. The number of rotatable bonds is 7. The molecule has 0 unspecified atom stereocenters. The van der Waals surface area contributed by atoms with Crippen molar-refractivity contribution in [2.75, 3.05) is 29.9 Å². The van der Waals surface area contributed by atoms with Crippen LogP contribution in [0.25, 0.3) is 16.1 Å². The maximum atomic E-state index is 13.5. The molecule has 3 aliphatic heterocycles. The van der Waals surface area contributed by atoms with E-state index in [1.54, 1.807) is 11.3 Å². The van der Waals surface area contributed by atoms with Crippen LogP contribution in [0.5, 0.6) is 0 Å². The van der Waals surface area contributed by atoms with E-state index in [9.17, 15) is 9.59 Å². The number of anilines is 2. The van der Waals surface area contributed by atoms with Crippen LogP contribution in [0.3, 0.4) is 0 Å². The Labute approximate surface area is 312 Å². The summed E-state index contributed by atoms with van der Waals surface area (Å²) in [6.07, 6.45) is 4.43. The largest absolute Gasteiger partial charge is 0.357 e. The fourth-order valence-electron chi connectivity index (χ4n) is 7.16. The summed E-state index contributed by atoms with van der Waals surface area (Å²) < 4.78 is 2.08. The fourth-order valence-corrected chi connectivity index (χ4v) is 8.50. The number of piperidine rings is 1. The van der Waals surface area contributed by atoms with Crippen molar-refractivity contribution >= 4 is 65.5 Å². The van der Waals surface area contributed by atoms with E-state index >= 15 is 0 Å². The average molecular weight is 739 g/mol. The third-order valence-corrected chi connectivity index (χ3v) is 11.5. The Kier molecular flexibility index (Phi) is 9.75. The Bertz CT molecular complexity index is 2150. The molecule has 0 bridgehead atoms. The van der Waals surface area contributed by atoms with Crippen LogP contribution in [-0.4, -0.2) is 56.9 Å². The molecule has 1 fully saturated rings. The second kappa shape index (κ2) is 14.2. The highest BCUT2D eigenvalue weighted by Gasteiger charge is 2.33. The molecule has 0 radical (unpaired) electrons. The highest BCUT2D eigenvalue weighted by molar-refractivity contribution is 7.59. The van der Waals surface area contributed by atoms with Crippen LogP contribution in [0.15, 0.2) is 65.8 Å². The first-order chi connectivity index (χ1) is 24.2. The van der Waals surface area contributed by atoms with E-state index in [2.05, 4.69) is 62.3 Å². The quantitative estimate of drug-likeness (QED) is 0.188. The van der Waals surface area contributed by atoms with Crippen LogP contribution in [0.2, 0.25) is 5.02 Å². The van der Waals surface area contributed by atoms with Crippen LogP contribution in [0, 0.1) is 26.7 Å². The number of amides is 2. The van der Waals surface area contributed by atoms with E-state index < -0.39 is 6.04 Å². The van der Waals surface area contributed by atoms with Gasteiger partial charge in [-0.25, -0.2) is 4.98 Å². The summed E-state index contributed by atoms with van der Waals surface area (Å²) in [7, 11) is 0. The summed E-state index contributed by atoms with van der Waals surface area (Å²) >= 11 is 7.95. The second-order valence-corrected chi connectivity index (χ2v) is 15.0. The minimum absolute atomic E-state index is 0. The van der Waals surface area contributed by atoms with E-state index in [1.807, 2.05) is 49.5 Å². The number of aryl methyl sites for hydroxylation is 2. The van der Waals surface area contributed by atoms with Crippen molar-refractivity contribution in [2.45, 2.75) is 52.5 Å². The van der Waals surface area contributed by atoms with Crippen molar-refractivity contribution in [2.24, 2.45) is 10.9 Å². The summed E-state index contributed by atoms with van der Waals surface area (Å²) in [5.41, 5.74) is 8.01. The molecule has 2 aromatic carbocycles. The average Bonchev–Trinajstić information content (AvgIpc) is 3.76. The molecule has 6 heterocycles. The van der Waals surface area contributed by atoms with Crippen molar-refractivity contribution < 1.29 is 9.59 Å². The smallest absolute Gasteiger partial charge is 0.228 e. The molecule has 5 aromatic rings. The van der Waals surface area contributed by atoms with E-state index in [4.69, 9.17) is 21.6 Å². The predicted molar refractivity (Wildman–Crippen MR) is 208 cm³/mol. The van der Waals surface area contributed by atoms with Crippen molar-refractivity contribution in [3.8, 4) is 16.1 Å². The number of fused-ring (bicyclic) bond motifs is 4. The Morgan fingerprint density at radius 1 is 1.00 bits per heavy atom. The standard InChI is InChI=1S/C38H37ClN8O2S.H2S/c1-21-22(2)50-38-35(21)36(25-4-8-29(39)9-5-25)43-31(37-45-44-23(3)47(37)38)18-33(48)41-19-24-12-14-46(15-13-24)32-11-7-27(20-40-32)26-6-10-30-28(16-26)17-34(49)42-30;/h4-11,16,20,24,31H,12-15,17-19H2,1-3H3,(H,41,48)(H,42,49);1H2/t31-;/m0./s1. The number of nitrogens with one attached hydrogen (secondary N) is 2. The van der Waals surface area contributed by atoms with Gasteiger partial charge in [-0.1, -0.05) is 29.8 Å². The maximum Gasteiger partial charge on any atom is 0.228 e. The van der Waals surface area contributed by atoms with Crippen LogP contribution < -0.4 is 15.5 Å². The molecule has 1 atom stereocenters. The molecule has 10 nitrogen and oxygen atoms in total. The Morgan fingerprint density at radius 3 is 2.49 bits per heavy atom. The van der Waals surface area contributed by atoms with Gasteiger partial charge in [0.2, 0.25) is 11.8 Å². The first kappa shape index (κ1) is 34.9. The maximum absolute atomic E-state index is 13.5. The van der Waals surface area contributed by atoms with Gasteiger partial charge in [-0.2, -0.15) is 13.5 Å². The van der Waals surface area contributed by atoms with Gasteiger partial charge in [0.25, 0.3) is 0 Å². The number of carbonyl (C=O) groups is 2. The second-order valence-electron chi connectivity index (χ2n) is 13.3. The Balaban J connectivity index is 0.00000406. The first-order valence-electron chi connectivity index (χ1n) is 17.0. The minimum atomic E-state index is -0.493. The molecular weight excluding hydrogens is 700 g/mol. The van der Waals surface area contributed by atoms with Crippen molar-refractivity contribution in [1.29, 1.82) is 0 Å². The lowest BCUT2D eigenvalue weighted by Crippen LogP contribution is -2.39. The van der Waals surface area contributed by atoms with Crippen molar-refractivity contribution in [3.63, 3.8) is 0 Å². The molecule has 0 saturated carbocycles. The van der Waals surface area contributed by atoms with Gasteiger partial charge in [0, 0.05) is 58.1 Å². The number of hydrogen-bond donors (Lipinski definition) is 2. The fraction of sp³-hybridized carbons (Fsp3) is 0.316. The predicted octanol–water partition coefficient (Wildman–Crippen LogP) is 6.89. The van der Waals surface area contributed by atoms with Gasteiger partial charge in [0.05, 0.1) is 18.6 Å². The molecule has 51 heavy (non-hydrogen) atoms. The van der Waals surface area contributed by atoms with Crippen molar-refractivity contribution in [1.82, 2.24) is 25.1 Å². The third kappa shape index (κ3) is 6.80. The summed E-state index contributed by atoms with van der Waals surface area (Å²) in [5.74, 6) is 2.77. The van der Waals surface area contributed by atoms with Gasteiger partial charge in [0.15, 0.2) is 5.82 Å². The van der Waals surface area contributed by atoms with Crippen LogP contribution in [0.1, 0.15) is 64.1 Å². The Morgan fingerprint density at radius 2 is 1.75 bits per heavy atom. The number of halogens is 1. The van der Waals surface area contributed by atoms with E-state index in [-0.39, 0.29) is 31.7 Å². The number of nitrogens with zero attached hydrogens (tertiary/aromatic N) is 6.